The summed E-state index contributed by atoms with van der Waals surface area (Å²) in [4.78, 5) is 31.0. The van der Waals surface area contributed by atoms with E-state index in [1.165, 1.54) is 23.9 Å². The van der Waals surface area contributed by atoms with Gasteiger partial charge in [0.1, 0.15) is 12.9 Å². The third-order valence-electron chi connectivity index (χ3n) is 5.60. The van der Waals surface area contributed by atoms with E-state index in [9.17, 15) is 9.59 Å². The quantitative estimate of drug-likeness (QED) is 0.806. The molecule has 0 radical (unpaired) electrons. The molecule has 1 aliphatic carbocycles. The van der Waals surface area contributed by atoms with Crippen molar-refractivity contribution in [3.63, 3.8) is 0 Å². The smallest absolute Gasteiger partial charge is 0.248 e. The van der Waals surface area contributed by atoms with Gasteiger partial charge in [0.25, 0.3) is 0 Å². The molecule has 27 heavy (non-hydrogen) atoms. The molecule has 2 fully saturated rings. The van der Waals surface area contributed by atoms with Crippen LogP contribution in [0.3, 0.4) is 0 Å². The van der Waals surface area contributed by atoms with Gasteiger partial charge in [-0.15, -0.1) is 17.5 Å². The molecule has 3 rings (SSSR count). The van der Waals surface area contributed by atoms with Crippen molar-refractivity contribution >= 4 is 30.2 Å². The second kappa shape index (κ2) is 9.50. The zero-order valence-electron chi connectivity index (χ0n) is 16.0. The average molecular weight is 399 g/mol. The Kier molecular flexibility index (Phi) is 7.61. The monoisotopic (exact) mass is 398 g/mol. The van der Waals surface area contributed by atoms with Crippen LogP contribution in [0.5, 0.6) is 0 Å². The first-order valence-electron chi connectivity index (χ1n) is 9.73. The van der Waals surface area contributed by atoms with Crippen LogP contribution in [0.4, 0.5) is 5.95 Å². The predicted octanol–water partition coefficient (Wildman–Crippen LogP) is 1.95. The van der Waals surface area contributed by atoms with E-state index in [4.69, 9.17) is 5.73 Å². The fraction of sp³-hybridized carbons (Fsp3) is 0.778. The number of likely N-dealkylation sites (tertiary alicyclic amines) is 1. The number of rotatable bonds is 4. The molecule has 8 nitrogen and oxygen atoms in total. The molecule has 3 N–H and O–H groups in total. The molecule has 9 heteroatoms. The molecule has 2 unspecified atom stereocenters. The molecule has 2 amide bonds. The molecule has 1 aromatic rings. The van der Waals surface area contributed by atoms with E-state index < -0.39 is 5.54 Å². The van der Waals surface area contributed by atoms with E-state index in [1.807, 2.05) is 11.8 Å². The lowest BCUT2D eigenvalue weighted by Crippen LogP contribution is -2.51. The lowest BCUT2D eigenvalue weighted by atomic mass is 9.74. The van der Waals surface area contributed by atoms with Gasteiger partial charge in [-0.3, -0.25) is 14.9 Å². The number of amides is 2. The first-order chi connectivity index (χ1) is 12.5. The van der Waals surface area contributed by atoms with E-state index >= 15 is 0 Å². The summed E-state index contributed by atoms with van der Waals surface area (Å²) in [6, 6.07) is 0. The summed E-state index contributed by atoms with van der Waals surface area (Å²) >= 11 is 0. The minimum absolute atomic E-state index is 0. The maximum Gasteiger partial charge on any atom is 0.248 e. The summed E-state index contributed by atoms with van der Waals surface area (Å²) in [5.74, 6) is -0.0789. The van der Waals surface area contributed by atoms with Crippen LogP contribution in [-0.2, 0) is 16.1 Å². The van der Waals surface area contributed by atoms with Crippen molar-refractivity contribution in [2.45, 2.75) is 70.4 Å². The Labute approximate surface area is 166 Å². The second-order valence-electron chi connectivity index (χ2n) is 7.85. The number of hydrogen-bond acceptors (Lipinski definition) is 5. The topological polar surface area (TPSA) is 106 Å². The second-order valence-corrected chi connectivity index (χ2v) is 7.85. The van der Waals surface area contributed by atoms with Crippen LogP contribution in [0.2, 0.25) is 0 Å². The van der Waals surface area contributed by atoms with Gasteiger partial charge in [0.2, 0.25) is 17.8 Å². The third kappa shape index (κ3) is 5.65. The number of aromatic nitrogens is 3. The van der Waals surface area contributed by atoms with Crippen LogP contribution in [0.15, 0.2) is 6.33 Å². The highest BCUT2D eigenvalue weighted by atomic mass is 35.5. The SMILES string of the molecule is CC1(N)CCCCC1C(=O)Nc1ncn(CC(=O)N2CCCCCC2)n1.Cl. The van der Waals surface area contributed by atoms with Gasteiger partial charge < -0.3 is 10.6 Å². The first kappa shape index (κ1) is 21.6. The highest BCUT2D eigenvalue weighted by Crippen LogP contribution is 2.32. The summed E-state index contributed by atoms with van der Waals surface area (Å²) < 4.78 is 1.49. The number of carbonyl (C=O) groups excluding carboxylic acids is 2. The maximum atomic E-state index is 12.5. The van der Waals surface area contributed by atoms with E-state index in [2.05, 4.69) is 15.4 Å². The van der Waals surface area contributed by atoms with Crippen molar-refractivity contribution in [3.8, 4) is 0 Å². The van der Waals surface area contributed by atoms with Gasteiger partial charge in [-0.2, -0.15) is 0 Å². The first-order valence-corrected chi connectivity index (χ1v) is 9.73. The Morgan fingerprint density at radius 1 is 1.22 bits per heavy atom. The lowest BCUT2D eigenvalue weighted by Gasteiger charge is -2.36. The predicted molar refractivity (Wildman–Crippen MR) is 105 cm³/mol. The number of nitrogens with one attached hydrogen (secondary N) is 1. The van der Waals surface area contributed by atoms with E-state index in [0.717, 1.165) is 51.6 Å². The number of anilines is 1. The van der Waals surface area contributed by atoms with Crippen molar-refractivity contribution < 1.29 is 9.59 Å². The molecule has 2 atom stereocenters. The fourth-order valence-corrected chi connectivity index (χ4v) is 3.97. The largest absolute Gasteiger partial charge is 0.341 e. The number of nitrogens with zero attached hydrogens (tertiary/aromatic N) is 4. The number of hydrogen-bond donors (Lipinski definition) is 2. The molecule has 152 valence electrons. The number of nitrogens with two attached hydrogens (primary N) is 1. The maximum absolute atomic E-state index is 12.5. The Bertz CT molecular complexity index is 640. The highest BCUT2D eigenvalue weighted by Gasteiger charge is 2.38. The van der Waals surface area contributed by atoms with Gasteiger partial charge in [0.15, 0.2) is 0 Å². The van der Waals surface area contributed by atoms with Crippen molar-refractivity contribution in [3.05, 3.63) is 6.33 Å². The Balaban J connectivity index is 0.00000261. The van der Waals surface area contributed by atoms with Gasteiger partial charge in [-0.05, 0) is 32.6 Å². The van der Waals surface area contributed by atoms with Gasteiger partial charge in [-0.1, -0.05) is 25.7 Å². The summed E-state index contributed by atoms with van der Waals surface area (Å²) in [7, 11) is 0. The third-order valence-corrected chi connectivity index (χ3v) is 5.60. The van der Waals surface area contributed by atoms with Crippen LogP contribution in [0, 0.1) is 5.92 Å². The van der Waals surface area contributed by atoms with Gasteiger partial charge in [0.05, 0.1) is 5.92 Å². The van der Waals surface area contributed by atoms with Crippen molar-refractivity contribution in [2.75, 3.05) is 18.4 Å². The van der Waals surface area contributed by atoms with Crippen LogP contribution in [0.1, 0.15) is 58.3 Å². The minimum Gasteiger partial charge on any atom is -0.341 e. The Morgan fingerprint density at radius 3 is 2.59 bits per heavy atom. The summed E-state index contributed by atoms with van der Waals surface area (Å²) in [6.45, 7) is 3.71. The lowest BCUT2D eigenvalue weighted by molar-refractivity contribution is -0.132. The van der Waals surface area contributed by atoms with E-state index in [-0.39, 0.29) is 42.6 Å². The fourth-order valence-electron chi connectivity index (χ4n) is 3.97. The van der Waals surface area contributed by atoms with E-state index in [1.54, 1.807) is 0 Å². The average Bonchev–Trinajstić information content (AvgIpc) is 2.85. The molecular weight excluding hydrogens is 368 g/mol. The van der Waals surface area contributed by atoms with Gasteiger partial charge >= 0.3 is 0 Å². The van der Waals surface area contributed by atoms with Crippen LogP contribution in [0.25, 0.3) is 0 Å². The molecule has 1 saturated heterocycles. The summed E-state index contributed by atoms with van der Waals surface area (Å²) in [6.07, 6.45) is 9.68. The van der Waals surface area contributed by atoms with E-state index in [0.29, 0.717) is 0 Å². The molecule has 2 heterocycles. The van der Waals surface area contributed by atoms with Crippen molar-refractivity contribution in [1.29, 1.82) is 0 Å². The summed E-state index contributed by atoms with van der Waals surface area (Å²) in [5.41, 5.74) is 5.79. The molecule has 0 spiro atoms. The molecule has 1 aromatic heterocycles. The zero-order valence-corrected chi connectivity index (χ0v) is 16.8. The molecule has 2 aliphatic rings. The molecule has 0 bridgehead atoms. The number of carbonyl (C=O) groups is 2. The standard InChI is InChI=1S/C18H30N6O2.ClH/c1-18(19)9-5-4-8-14(18)16(26)21-17-20-13-24(22-17)12-15(25)23-10-6-2-3-7-11-23;/h13-14H,2-12,19H2,1H3,(H,21,22,26);1H. The minimum atomic E-state index is -0.492. The van der Waals surface area contributed by atoms with Crippen molar-refractivity contribution in [1.82, 2.24) is 19.7 Å². The van der Waals surface area contributed by atoms with Gasteiger partial charge in [0, 0.05) is 18.6 Å². The zero-order chi connectivity index (χ0) is 18.6. The van der Waals surface area contributed by atoms with Crippen LogP contribution < -0.4 is 11.1 Å². The summed E-state index contributed by atoms with van der Waals surface area (Å²) in [5, 5.41) is 7.00. The molecule has 1 saturated carbocycles. The van der Waals surface area contributed by atoms with Crippen molar-refractivity contribution in [2.24, 2.45) is 11.7 Å². The molecular formula is C18H31ClN6O2. The van der Waals surface area contributed by atoms with Gasteiger partial charge in [-0.25, -0.2) is 9.67 Å². The molecule has 0 aromatic carbocycles. The van der Waals surface area contributed by atoms with Crippen LogP contribution >= 0.6 is 12.4 Å². The number of halogens is 1. The van der Waals surface area contributed by atoms with Crippen LogP contribution in [-0.4, -0.2) is 50.1 Å². The Morgan fingerprint density at radius 2 is 1.93 bits per heavy atom. The highest BCUT2D eigenvalue weighted by molar-refractivity contribution is 5.91. The molecule has 1 aliphatic heterocycles. The Hall–Kier alpha value is -1.67. The normalized spacial score (nSPS) is 26.0.